The number of rotatable bonds is 5. The summed E-state index contributed by atoms with van der Waals surface area (Å²) in [6.07, 6.45) is -5.11. The van der Waals surface area contributed by atoms with Gasteiger partial charge in [0.25, 0.3) is 0 Å². The van der Waals surface area contributed by atoms with E-state index in [4.69, 9.17) is 27.9 Å². The molecule has 2 aromatic rings. The molecule has 0 saturated carbocycles. The summed E-state index contributed by atoms with van der Waals surface area (Å²) in [5.41, 5.74) is -0.192. The molecule has 1 fully saturated rings. The monoisotopic (exact) mass is 478 g/mol. The third-order valence-electron chi connectivity index (χ3n) is 5.84. The van der Waals surface area contributed by atoms with E-state index in [-0.39, 0.29) is 17.8 Å². The summed E-state index contributed by atoms with van der Waals surface area (Å²) in [5.74, 6) is 0.550. The zero-order valence-corrected chi connectivity index (χ0v) is 19.0. The number of nitrogens with zero attached hydrogens (tertiary/aromatic N) is 4. The van der Waals surface area contributed by atoms with Gasteiger partial charge in [0.2, 0.25) is 0 Å². The first-order chi connectivity index (χ1) is 14.5. The summed E-state index contributed by atoms with van der Waals surface area (Å²) in [5, 5.41) is 3.64. The largest absolute Gasteiger partial charge is 0.495 e. The van der Waals surface area contributed by atoms with Gasteiger partial charge in [-0.3, -0.25) is 9.69 Å². The molecule has 1 aliphatic rings. The predicted molar refractivity (Wildman–Crippen MR) is 113 cm³/mol. The molecule has 1 aromatic carbocycles. The van der Waals surface area contributed by atoms with Gasteiger partial charge in [-0.05, 0) is 32.9 Å². The summed E-state index contributed by atoms with van der Waals surface area (Å²) in [4.78, 5) is 16.0. The van der Waals surface area contributed by atoms with Crippen LogP contribution in [0.1, 0.15) is 31.4 Å². The molecule has 0 spiro atoms. The molecule has 3 rings (SSSR count). The highest BCUT2D eigenvalue weighted by molar-refractivity contribution is 6.32. The van der Waals surface area contributed by atoms with Crippen molar-refractivity contribution in [2.45, 2.75) is 45.2 Å². The highest BCUT2D eigenvalue weighted by atomic mass is 35.5. The topological polar surface area (TPSA) is 50.6 Å². The number of piperazine rings is 1. The second-order valence-corrected chi connectivity index (χ2v) is 8.26. The van der Waals surface area contributed by atoms with Gasteiger partial charge in [-0.2, -0.15) is 18.3 Å². The van der Waals surface area contributed by atoms with Crippen LogP contribution in [0.15, 0.2) is 18.2 Å². The molecule has 0 amide bonds. The van der Waals surface area contributed by atoms with E-state index in [9.17, 15) is 18.0 Å². The third-order valence-corrected chi connectivity index (χ3v) is 6.60. The summed E-state index contributed by atoms with van der Waals surface area (Å²) in [6, 6.07) is 5.24. The van der Waals surface area contributed by atoms with Crippen molar-refractivity contribution in [2.24, 2.45) is 0 Å². The molecule has 0 N–H and O–H groups in total. The zero-order chi connectivity index (χ0) is 23.1. The lowest BCUT2D eigenvalue weighted by Gasteiger charge is -2.48. The molecule has 31 heavy (non-hydrogen) atoms. The molecular weight excluding hydrogens is 456 g/mol. The predicted octanol–water partition coefficient (Wildman–Crippen LogP) is 4.82. The molecule has 6 nitrogen and oxygen atoms in total. The number of hydrogen-bond acceptors (Lipinski definition) is 5. The average molecular weight is 479 g/mol. The molecular formula is C20H23Cl2F3N4O2. The van der Waals surface area contributed by atoms with E-state index >= 15 is 0 Å². The molecule has 1 aromatic heterocycles. The Bertz CT molecular complexity index is 967. The van der Waals surface area contributed by atoms with Gasteiger partial charge in [0.15, 0.2) is 18.1 Å². The van der Waals surface area contributed by atoms with Crippen molar-refractivity contribution in [2.75, 3.05) is 25.1 Å². The van der Waals surface area contributed by atoms with Crippen LogP contribution in [-0.2, 0) is 11.0 Å². The number of carbonyl (C=O) groups excluding carboxylic acids is 1. The summed E-state index contributed by atoms with van der Waals surface area (Å²) in [6.45, 7) is 6.31. The third kappa shape index (κ3) is 4.36. The van der Waals surface area contributed by atoms with Gasteiger partial charge in [-0.1, -0.05) is 23.2 Å². The number of aldehydes is 1. The Kier molecular flexibility index (Phi) is 6.78. The van der Waals surface area contributed by atoms with Gasteiger partial charge in [-0.25, -0.2) is 4.68 Å². The lowest BCUT2D eigenvalue weighted by atomic mass is 10.0. The standard InChI is InChI=1S/C20H23Cl2F3N4O2/c1-11-12(2)28(8-7-27(11)14-5-6-15(21)16(9-14)31-4)17(10-30)29-13(3)18(22)19(26-29)20(23,24)25/h5-6,9-12,17H,7-8H2,1-4H3. The summed E-state index contributed by atoms with van der Waals surface area (Å²) < 4.78 is 46.0. The van der Waals surface area contributed by atoms with Crippen molar-refractivity contribution in [1.82, 2.24) is 14.7 Å². The molecule has 170 valence electrons. The first-order valence-electron chi connectivity index (χ1n) is 9.64. The maximum Gasteiger partial charge on any atom is 0.436 e. The normalized spacial score (nSPS) is 21.3. The quantitative estimate of drug-likeness (QED) is 0.576. The van der Waals surface area contributed by atoms with Crippen molar-refractivity contribution < 1.29 is 22.7 Å². The maximum absolute atomic E-state index is 13.2. The molecule has 3 unspecified atom stereocenters. The van der Waals surface area contributed by atoms with E-state index < -0.39 is 23.1 Å². The van der Waals surface area contributed by atoms with Crippen molar-refractivity contribution in [3.05, 3.63) is 39.6 Å². The number of alkyl halides is 3. The number of aromatic nitrogens is 2. The van der Waals surface area contributed by atoms with E-state index in [0.29, 0.717) is 30.1 Å². The number of halogens is 5. The minimum atomic E-state index is -4.70. The van der Waals surface area contributed by atoms with Gasteiger partial charge in [0.05, 0.1) is 22.8 Å². The molecule has 0 bridgehead atoms. The second-order valence-electron chi connectivity index (χ2n) is 7.47. The van der Waals surface area contributed by atoms with E-state index in [0.717, 1.165) is 10.4 Å². The van der Waals surface area contributed by atoms with Crippen LogP contribution < -0.4 is 9.64 Å². The fourth-order valence-corrected chi connectivity index (χ4v) is 4.37. The Morgan fingerprint density at radius 1 is 1.23 bits per heavy atom. The number of hydrogen-bond donors (Lipinski definition) is 0. The Morgan fingerprint density at radius 3 is 2.45 bits per heavy atom. The van der Waals surface area contributed by atoms with Crippen LogP contribution in [-0.4, -0.2) is 53.2 Å². The lowest BCUT2D eigenvalue weighted by Crippen LogP contribution is -2.59. The Hall–Kier alpha value is -1.97. The van der Waals surface area contributed by atoms with Crippen LogP contribution in [0.5, 0.6) is 5.75 Å². The van der Waals surface area contributed by atoms with Crippen LogP contribution in [0, 0.1) is 6.92 Å². The second kappa shape index (κ2) is 8.88. The molecule has 1 saturated heterocycles. The van der Waals surface area contributed by atoms with Crippen LogP contribution in [0.4, 0.5) is 18.9 Å². The SMILES string of the molecule is COc1cc(N2CCN(C(C=O)n3nc(C(F)(F)F)c(Cl)c3C)C(C)C2C)ccc1Cl. The highest BCUT2D eigenvalue weighted by Gasteiger charge is 2.41. The first-order valence-corrected chi connectivity index (χ1v) is 10.4. The van der Waals surface area contributed by atoms with Crippen molar-refractivity contribution >= 4 is 35.2 Å². The number of anilines is 1. The van der Waals surface area contributed by atoms with Crippen molar-refractivity contribution in [1.29, 1.82) is 0 Å². The van der Waals surface area contributed by atoms with Gasteiger partial charge < -0.3 is 9.64 Å². The minimum absolute atomic E-state index is 0.0597. The van der Waals surface area contributed by atoms with Gasteiger partial charge in [0.1, 0.15) is 5.75 Å². The van der Waals surface area contributed by atoms with Crippen molar-refractivity contribution in [3.8, 4) is 5.75 Å². The minimum Gasteiger partial charge on any atom is -0.495 e. The first kappa shape index (κ1) is 23.7. The number of methoxy groups -OCH3 is 1. The fourth-order valence-electron chi connectivity index (χ4n) is 3.95. The number of ether oxygens (including phenoxy) is 1. The molecule has 2 heterocycles. The molecule has 0 aliphatic carbocycles. The highest BCUT2D eigenvalue weighted by Crippen LogP contribution is 2.38. The number of carbonyl (C=O) groups is 1. The van der Waals surface area contributed by atoms with Crippen molar-refractivity contribution in [3.63, 3.8) is 0 Å². The van der Waals surface area contributed by atoms with E-state index in [1.165, 1.54) is 14.0 Å². The van der Waals surface area contributed by atoms with Crippen LogP contribution in [0.25, 0.3) is 0 Å². The average Bonchev–Trinajstić information content (AvgIpc) is 3.02. The molecule has 0 radical (unpaired) electrons. The van der Waals surface area contributed by atoms with Gasteiger partial charge >= 0.3 is 6.18 Å². The molecule has 1 aliphatic heterocycles. The molecule has 11 heteroatoms. The Labute approximate surface area is 188 Å². The maximum atomic E-state index is 13.2. The Balaban J connectivity index is 1.89. The van der Waals surface area contributed by atoms with Gasteiger partial charge in [-0.15, -0.1) is 0 Å². The smallest absolute Gasteiger partial charge is 0.436 e. The fraction of sp³-hybridized carbons (Fsp3) is 0.500. The molecule has 3 atom stereocenters. The zero-order valence-electron chi connectivity index (χ0n) is 17.5. The van der Waals surface area contributed by atoms with Crippen LogP contribution in [0.3, 0.4) is 0 Å². The number of benzene rings is 1. The van der Waals surface area contributed by atoms with E-state index in [2.05, 4.69) is 10.00 Å². The van der Waals surface area contributed by atoms with E-state index in [1.807, 2.05) is 30.9 Å². The van der Waals surface area contributed by atoms with E-state index in [1.54, 1.807) is 6.07 Å². The van der Waals surface area contributed by atoms with Crippen LogP contribution >= 0.6 is 23.2 Å². The van der Waals surface area contributed by atoms with Gasteiger partial charge in [0, 0.05) is 36.9 Å². The Morgan fingerprint density at radius 2 is 1.90 bits per heavy atom. The summed E-state index contributed by atoms with van der Waals surface area (Å²) in [7, 11) is 1.54. The summed E-state index contributed by atoms with van der Waals surface area (Å²) >= 11 is 12.0. The lowest BCUT2D eigenvalue weighted by molar-refractivity contribution is -0.142. The van der Waals surface area contributed by atoms with Crippen LogP contribution in [0.2, 0.25) is 10.0 Å².